The highest BCUT2D eigenvalue weighted by Gasteiger charge is 2.59. The van der Waals surface area contributed by atoms with Crippen LogP contribution in [0.3, 0.4) is 0 Å². The van der Waals surface area contributed by atoms with Crippen molar-refractivity contribution in [2.24, 2.45) is 11.1 Å². The van der Waals surface area contributed by atoms with Gasteiger partial charge in [-0.3, -0.25) is 9.59 Å². The van der Waals surface area contributed by atoms with E-state index in [-0.39, 0.29) is 23.9 Å². The molecule has 0 unspecified atom stereocenters. The second-order valence-electron chi connectivity index (χ2n) is 6.09. The molecule has 0 aromatic heterocycles. The Bertz CT molecular complexity index is 419. The van der Waals surface area contributed by atoms with Gasteiger partial charge in [0, 0.05) is 18.5 Å². The number of fused-ring (bicyclic) bond motifs is 2. The lowest BCUT2D eigenvalue weighted by Gasteiger charge is -2.33. The molecule has 2 amide bonds. The van der Waals surface area contributed by atoms with Gasteiger partial charge in [-0.05, 0) is 45.4 Å². The number of nitrogens with two attached hydrogens (primary N) is 1. The molecule has 2 heterocycles. The molecule has 112 valence electrons. The molecule has 2 rings (SSSR count). The molecule has 20 heavy (non-hydrogen) atoms. The molecule has 0 spiro atoms. The third-order valence-electron chi connectivity index (χ3n) is 5.15. The molecule has 2 aliphatic heterocycles. The van der Waals surface area contributed by atoms with E-state index < -0.39 is 5.41 Å². The summed E-state index contributed by atoms with van der Waals surface area (Å²) in [4.78, 5) is 26.3. The van der Waals surface area contributed by atoms with E-state index in [0.717, 1.165) is 38.5 Å². The Labute approximate surface area is 121 Å². The van der Waals surface area contributed by atoms with Crippen LogP contribution in [0.15, 0.2) is 12.2 Å². The Morgan fingerprint density at radius 2 is 2.15 bits per heavy atom. The summed E-state index contributed by atoms with van der Waals surface area (Å²) in [6, 6.07) is 0.283. The lowest BCUT2D eigenvalue weighted by atomic mass is 9.71. The van der Waals surface area contributed by atoms with Crippen molar-refractivity contribution in [2.45, 2.75) is 70.9 Å². The van der Waals surface area contributed by atoms with Crippen molar-refractivity contribution in [1.82, 2.24) is 4.90 Å². The zero-order valence-corrected chi connectivity index (χ0v) is 12.6. The van der Waals surface area contributed by atoms with E-state index in [1.54, 1.807) is 0 Å². The predicted molar refractivity (Wildman–Crippen MR) is 78.9 cm³/mol. The van der Waals surface area contributed by atoms with Crippen molar-refractivity contribution in [1.29, 1.82) is 0 Å². The summed E-state index contributed by atoms with van der Waals surface area (Å²) in [7, 11) is 0. The van der Waals surface area contributed by atoms with Crippen molar-refractivity contribution in [3.05, 3.63) is 12.2 Å². The number of hydrogen-bond acceptors (Lipinski definition) is 2. The molecule has 3 atom stereocenters. The van der Waals surface area contributed by atoms with E-state index in [1.165, 1.54) is 0 Å². The molecule has 2 fully saturated rings. The van der Waals surface area contributed by atoms with E-state index in [2.05, 4.69) is 6.08 Å². The number of amides is 2. The molecule has 0 saturated carbocycles. The van der Waals surface area contributed by atoms with E-state index in [1.807, 2.05) is 24.8 Å². The Hall–Kier alpha value is -1.32. The van der Waals surface area contributed by atoms with Gasteiger partial charge in [-0.2, -0.15) is 0 Å². The molecule has 0 radical (unpaired) electrons. The monoisotopic (exact) mass is 278 g/mol. The summed E-state index contributed by atoms with van der Waals surface area (Å²) in [5.41, 5.74) is 5.18. The fourth-order valence-electron chi connectivity index (χ4n) is 4.05. The summed E-state index contributed by atoms with van der Waals surface area (Å²) < 4.78 is 0. The predicted octanol–water partition coefficient (Wildman–Crippen LogP) is 2.38. The van der Waals surface area contributed by atoms with Crippen LogP contribution in [0.2, 0.25) is 0 Å². The normalized spacial score (nSPS) is 32.2. The zero-order chi connectivity index (χ0) is 14.8. The van der Waals surface area contributed by atoms with Crippen molar-refractivity contribution in [2.75, 3.05) is 0 Å². The van der Waals surface area contributed by atoms with Gasteiger partial charge >= 0.3 is 0 Å². The van der Waals surface area contributed by atoms with Gasteiger partial charge < -0.3 is 10.6 Å². The van der Waals surface area contributed by atoms with Gasteiger partial charge in [-0.25, -0.2) is 0 Å². The molecule has 2 bridgehead atoms. The van der Waals surface area contributed by atoms with Crippen LogP contribution in [0, 0.1) is 5.41 Å². The van der Waals surface area contributed by atoms with Crippen LogP contribution in [0.4, 0.5) is 0 Å². The van der Waals surface area contributed by atoms with Crippen LogP contribution in [0.25, 0.3) is 0 Å². The molecule has 2 N–H and O–H groups in total. The summed E-state index contributed by atoms with van der Waals surface area (Å²) >= 11 is 0. The number of carbonyl (C=O) groups excluding carboxylic acids is 2. The maximum atomic E-state index is 12.4. The fraction of sp³-hybridized carbons (Fsp3) is 0.750. The Kier molecular flexibility index (Phi) is 4.51. The summed E-state index contributed by atoms with van der Waals surface area (Å²) in [5.74, 6) is -0.0162. The quantitative estimate of drug-likeness (QED) is 0.599. The highest BCUT2D eigenvalue weighted by Crippen LogP contribution is 2.51. The number of nitrogens with zero attached hydrogens (tertiary/aromatic N) is 1. The lowest BCUT2D eigenvalue weighted by molar-refractivity contribution is -0.135. The van der Waals surface area contributed by atoms with Gasteiger partial charge in [0.1, 0.15) is 0 Å². The van der Waals surface area contributed by atoms with Crippen LogP contribution in [-0.2, 0) is 9.59 Å². The van der Waals surface area contributed by atoms with E-state index in [4.69, 9.17) is 5.73 Å². The maximum absolute atomic E-state index is 12.4. The van der Waals surface area contributed by atoms with Crippen LogP contribution >= 0.6 is 0 Å². The van der Waals surface area contributed by atoms with Gasteiger partial charge in [0.15, 0.2) is 0 Å². The van der Waals surface area contributed by atoms with Crippen LogP contribution in [-0.4, -0.2) is 28.8 Å². The smallest absolute Gasteiger partial charge is 0.225 e. The SMILES string of the molecule is C/C=C/CCCC(=O)N1[C@H]2CC[C@@H]1[C@](CC)(C(N)=O)C2. The minimum absolute atomic E-state index is 0.0456. The van der Waals surface area contributed by atoms with Crippen LogP contribution in [0.5, 0.6) is 0 Å². The molecule has 4 nitrogen and oxygen atoms in total. The second kappa shape index (κ2) is 5.98. The lowest BCUT2D eigenvalue weighted by Crippen LogP contribution is -2.47. The summed E-state index contributed by atoms with van der Waals surface area (Å²) in [5, 5.41) is 0. The third-order valence-corrected chi connectivity index (χ3v) is 5.15. The molecule has 2 saturated heterocycles. The first-order valence-corrected chi connectivity index (χ1v) is 7.79. The maximum Gasteiger partial charge on any atom is 0.225 e. The van der Waals surface area contributed by atoms with Gasteiger partial charge in [-0.1, -0.05) is 19.1 Å². The zero-order valence-electron chi connectivity index (χ0n) is 12.6. The van der Waals surface area contributed by atoms with Gasteiger partial charge in [0.05, 0.1) is 5.41 Å². The number of primary amides is 1. The standard InChI is InChI=1S/C16H26N2O2/c1-3-5-6-7-8-14(19)18-12-9-10-13(18)16(4-2,11-12)15(17)20/h3,5,12-13H,4,6-11H2,1-2H3,(H2,17,20)/b5-3+/t12-,13+,16+/m0/s1. The van der Waals surface area contributed by atoms with Gasteiger partial charge in [-0.15, -0.1) is 0 Å². The first-order chi connectivity index (χ1) is 9.56. The van der Waals surface area contributed by atoms with Crippen molar-refractivity contribution < 1.29 is 9.59 Å². The van der Waals surface area contributed by atoms with Crippen LogP contribution < -0.4 is 5.73 Å². The second-order valence-corrected chi connectivity index (χ2v) is 6.09. The first kappa shape index (κ1) is 15.1. The Morgan fingerprint density at radius 3 is 2.70 bits per heavy atom. The van der Waals surface area contributed by atoms with Crippen molar-refractivity contribution in [3.63, 3.8) is 0 Å². The highest BCUT2D eigenvalue weighted by molar-refractivity contribution is 5.85. The molecule has 0 aliphatic carbocycles. The summed E-state index contributed by atoms with van der Waals surface area (Å²) in [6.07, 6.45) is 9.98. The van der Waals surface area contributed by atoms with E-state index >= 15 is 0 Å². The van der Waals surface area contributed by atoms with E-state index in [0.29, 0.717) is 6.42 Å². The average Bonchev–Trinajstić information content (AvgIpc) is 2.99. The molecule has 0 aromatic carbocycles. The third kappa shape index (κ3) is 2.36. The molecular weight excluding hydrogens is 252 g/mol. The van der Waals surface area contributed by atoms with Crippen molar-refractivity contribution in [3.8, 4) is 0 Å². The van der Waals surface area contributed by atoms with Gasteiger partial charge in [0.2, 0.25) is 11.8 Å². The Morgan fingerprint density at radius 1 is 1.40 bits per heavy atom. The molecule has 2 aliphatic rings. The number of carbonyl (C=O) groups is 2. The minimum atomic E-state index is -0.470. The number of allylic oxidation sites excluding steroid dienone is 2. The average molecular weight is 278 g/mol. The molecule has 4 heteroatoms. The minimum Gasteiger partial charge on any atom is -0.369 e. The topological polar surface area (TPSA) is 63.4 Å². The molecule has 0 aromatic rings. The van der Waals surface area contributed by atoms with Crippen LogP contribution in [0.1, 0.15) is 58.8 Å². The number of hydrogen-bond donors (Lipinski definition) is 1. The van der Waals surface area contributed by atoms with Crippen molar-refractivity contribution >= 4 is 11.8 Å². The van der Waals surface area contributed by atoms with E-state index in [9.17, 15) is 9.59 Å². The highest BCUT2D eigenvalue weighted by atomic mass is 16.2. The Balaban J connectivity index is 2.03. The number of rotatable bonds is 6. The van der Waals surface area contributed by atoms with Gasteiger partial charge in [0.25, 0.3) is 0 Å². The summed E-state index contributed by atoms with van der Waals surface area (Å²) in [6.45, 7) is 4.01. The number of unbranched alkanes of at least 4 members (excludes halogenated alkanes) is 1. The fourth-order valence-corrected chi connectivity index (χ4v) is 4.05. The largest absolute Gasteiger partial charge is 0.369 e. The molecular formula is C16H26N2O2. The first-order valence-electron chi connectivity index (χ1n) is 7.79.